The molecule has 132 valence electrons. The SMILES string of the molecule is CCCCCCCCCCCCCCCC(N)NC(=O)CC. The van der Waals surface area contributed by atoms with E-state index >= 15 is 0 Å². The van der Waals surface area contributed by atoms with Crippen molar-refractivity contribution >= 4 is 5.91 Å². The van der Waals surface area contributed by atoms with Crippen molar-refractivity contribution in [3.8, 4) is 0 Å². The quantitative estimate of drug-likeness (QED) is 0.301. The summed E-state index contributed by atoms with van der Waals surface area (Å²) >= 11 is 0. The molecular formula is C19H40N2O. The summed E-state index contributed by atoms with van der Waals surface area (Å²) in [5.41, 5.74) is 5.86. The van der Waals surface area contributed by atoms with E-state index in [9.17, 15) is 4.79 Å². The number of hydrogen-bond donors (Lipinski definition) is 2. The van der Waals surface area contributed by atoms with Crippen molar-refractivity contribution in [1.29, 1.82) is 0 Å². The molecule has 0 spiro atoms. The molecule has 3 N–H and O–H groups in total. The predicted octanol–water partition coefficient (Wildman–Crippen LogP) is 5.28. The molecule has 1 amide bonds. The minimum Gasteiger partial charge on any atom is -0.341 e. The summed E-state index contributed by atoms with van der Waals surface area (Å²) in [4.78, 5) is 11.2. The lowest BCUT2D eigenvalue weighted by Gasteiger charge is -2.12. The maximum absolute atomic E-state index is 11.2. The molecule has 0 saturated carbocycles. The lowest BCUT2D eigenvalue weighted by molar-refractivity contribution is -0.121. The van der Waals surface area contributed by atoms with E-state index in [1.807, 2.05) is 6.92 Å². The van der Waals surface area contributed by atoms with Gasteiger partial charge in [-0.25, -0.2) is 0 Å². The Morgan fingerprint density at radius 2 is 1.18 bits per heavy atom. The lowest BCUT2D eigenvalue weighted by Crippen LogP contribution is -2.41. The molecule has 0 aliphatic carbocycles. The second-order valence-electron chi connectivity index (χ2n) is 6.56. The summed E-state index contributed by atoms with van der Waals surface area (Å²) in [5.74, 6) is 0.0576. The molecule has 0 bridgehead atoms. The molecule has 3 heteroatoms. The van der Waals surface area contributed by atoms with E-state index in [2.05, 4.69) is 12.2 Å². The van der Waals surface area contributed by atoms with Gasteiger partial charge in [-0.05, 0) is 6.42 Å². The Hall–Kier alpha value is -0.570. The van der Waals surface area contributed by atoms with Gasteiger partial charge in [-0.2, -0.15) is 0 Å². The number of nitrogens with two attached hydrogens (primary N) is 1. The number of hydrogen-bond acceptors (Lipinski definition) is 2. The fraction of sp³-hybridized carbons (Fsp3) is 0.947. The Morgan fingerprint density at radius 3 is 1.59 bits per heavy atom. The monoisotopic (exact) mass is 312 g/mol. The number of carbonyl (C=O) groups excluding carboxylic acids is 1. The second kappa shape index (κ2) is 16.8. The van der Waals surface area contributed by atoms with Crippen molar-refractivity contribution in [1.82, 2.24) is 5.32 Å². The molecule has 0 aliphatic heterocycles. The summed E-state index contributed by atoms with van der Waals surface area (Å²) in [6.45, 7) is 4.13. The highest BCUT2D eigenvalue weighted by Gasteiger charge is 2.04. The van der Waals surface area contributed by atoms with Crippen LogP contribution in [0, 0.1) is 0 Å². The fourth-order valence-electron chi connectivity index (χ4n) is 2.76. The highest BCUT2D eigenvalue weighted by atomic mass is 16.1. The molecular weight excluding hydrogens is 272 g/mol. The topological polar surface area (TPSA) is 55.1 Å². The number of carbonyl (C=O) groups is 1. The predicted molar refractivity (Wildman–Crippen MR) is 96.7 cm³/mol. The summed E-state index contributed by atoms with van der Waals surface area (Å²) in [6, 6.07) is 0. The third-order valence-electron chi connectivity index (χ3n) is 4.29. The molecule has 0 aromatic rings. The minimum absolute atomic E-state index is 0.0576. The van der Waals surface area contributed by atoms with Crippen LogP contribution >= 0.6 is 0 Å². The number of amides is 1. The van der Waals surface area contributed by atoms with Gasteiger partial charge in [-0.1, -0.05) is 97.3 Å². The van der Waals surface area contributed by atoms with E-state index < -0.39 is 0 Å². The molecule has 0 saturated heterocycles. The van der Waals surface area contributed by atoms with Crippen LogP contribution in [0.2, 0.25) is 0 Å². The molecule has 0 radical (unpaired) electrons. The van der Waals surface area contributed by atoms with E-state index in [1.54, 1.807) is 0 Å². The van der Waals surface area contributed by atoms with Crippen LogP contribution in [0.15, 0.2) is 0 Å². The van der Waals surface area contributed by atoms with Gasteiger partial charge in [-0.3, -0.25) is 4.79 Å². The molecule has 0 aromatic heterocycles. The van der Waals surface area contributed by atoms with Crippen molar-refractivity contribution in [3.63, 3.8) is 0 Å². The van der Waals surface area contributed by atoms with Gasteiger partial charge in [0.1, 0.15) is 0 Å². The zero-order valence-electron chi connectivity index (χ0n) is 15.2. The Bertz CT molecular complexity index is 244. The first-order chi connectivity index (χ1) is 10.7. The maximum atomic E-state index is 11.2. The van der Waals surface area contributed by atoms with E-state index in [1.165, 1.54) is 77.0 Å². The Kier molecular flexibility index (Phi) is 16.4. The van der Waals surface area contributed by atoms with Crippen molar-refractivity contribution in [2.45, 2.75) is 116 Å². The first-order valence-corrected chi connectivity index (χ1v) is 9.75. The Morgan fingerprint density at radius 1 is 0.773 bits per heavy atom. The third-order valence-corrected chi connectivity index (χ3v) is 4.29. The Balaban J connectivity index is 3.12. The van der Waals surface area contributed by atoms with E-state index in [-0.39, 0.29) is 12.1 Å². The minimum atomic E-state index is -0.153. The zero-order chi connectivity index (χ0) is 16.5. The Labute approximate surface area is 138 Å². The van der Waals surface area contributed by atoms with E-state index in [0.717, 1.165) is 12.8 Å². The van der Waals surface area contributed by atoms with Gasteiger partial charge in [0, 0.05) is 6.42 Å². The average Bonchev–Trinajstić information content (AvgIpc) is 2.51. The molecule has 0 rings (SSSR count). The van der Waals surface area contributed by atoms with Crippen LogP contribution in [0.5, 0.6) is 0 Å². The summed E-state index contributed by atoms with van der Waals surface area (Å²) < 4.78 is 0. The van der Waals surface area contributed by atoms with Gasteiger partial charge in [0.05, 0.1) is 6.17 Å². The highest BCUT2D eigenvalue weighted by molar-refractivity contribution is 5.75. The standard InChI is InChI=1S/C19H40N2O/c1-3-5-6-7-8-9-10-11-12-13-14-15-16-17-18(20)21-19(22)4-2/h18H,3-17,20H2,1-2H3,(H,21,22). The summed E-state index contributed by atoms with van der Waals surface area (Å²) in [6.07, 6.45) is 19.0. The highest BCUT2D eigenvalue weighted by Crippen LogP contribution is 2.13. The third kappa shape index (κ3) is 15.8. The molecule has 3 nitrogen and oxygen atoms in total. The van der Waals surface area contributed by atoms with Crippen molar-refractivity contribution in [2.24, 2.45) is 5.73 Å². The van der Waals surface area contributed by atoms with Gasteiger partial charge >= 0.3 is 0 Å². The van der Waals surface area contributed by atoms with Crippen LogP contribution in [-0.4, -0.2) is 12.1 Å². The molecule has 22 heavy (non-hydrogen) atoms. The molecule has 0 aromatic carbocycles. The van der Waals surface area contributed by atoms with Crippen LogP contribution < -0.4 is 11.1 Å². The van der Waals surface area contributed by atoms with Crippen LogP contribution in [0.4, 0.5) is 0 Å². The van der Waals surface area contributed by atoms with Crippen LogP contribution in [-0.2, 0) is 4.79 Å². The normalized spacial score (nSPS) is 12.3. The van der Waals surface area contributed by atoms with Gasteiger partial charge in [-0.15, -0.1) is 0 Å². The lowest BCUT2D eigenvalue weighted by atomic mass is 10.0. The van der Waals surface area contributed by atoms with Crippen LogP contribution in [0.25, 0.3) is 0 Å². The first kappa shape index (κ1) is 21.4. The van der Waals surface area contributed by atoms with Crippen LogP contribution in [0.1, 0.15) is 110 Å². The maximum Gasteiger partial charge on any atom is 0.220 e. The summed E-state index contributed by atoms with van der Waals surface area (Å²) in [7, 11) is 0. The van der Waals surface area contributed by atoms with Gasteiger partial charge in [0.15, 0.2) is 0 Å². The van der Waals surface area contributed by atoms with Crippen molar-refractivity contribution in [2.75, 3.05) is 0 Å². The van der Waals surface area contributed by atoms with Gasteiger partial charge < -0.3 is 11.1 Å². The smallest absolute Gasteiger partial charge is 0.220 e. The first-order valence-electron chi connectivity index (χ1n) is 9.75. The van der Waals surface area contributed by atoms with Gasteiger partial charge in [0.25, 0.3) is 0 Å². The average molecular weight is 313 g/mol. The van der Waals surface area contributed by atoms with E-state index in [4.69, 9.17) is 5.73 Å². The molecule has 0 heterocycles. The fourth-order valence-corrected chi connectivity index (χ4v) is 2.76. The second-order valence-corrected chi connectivity index (χ2v) is 6.56. The van der Waals surface area contributed by atoms with Gasteiger partial charge in [0.2, 0.25) is 5.91 Å². The molecule has 1 atom stereocenters. The molecule has 0 aliphatic rings. The number of unbranched alkanes of at least 4 members (excludes halogenated alkanes) is 12. The number of nitrogens with one attached hydrogen (secondary N) is 1. The summed E-state index contributed by atoms with van der Waals surface area (Å²) in [5, 5.41) is 2.81. The van der Waals surface area contributed by atoms with Crippen LogP contribution in [0.3, 0.4) is 0 Å². The zero-order valence-corrected chi connectivity index (χ0v) is 15.2. The molecule has 0 fully saturated rings. The van der Waals surface area contributed by atoms with E-state index in [0.29, 0.717) is 6.42 Å². The van der Waals surface area contributed by atoms with Crippen molar-refractivity contribution < 1.29 is 4.79 Å². The van der Waals surface area contributed by atoms with Crippen molar-refractivity contribution in [3.05, 3.63) is 0 Å². The largest absolute Gasteiger partial charge is 0.341 e. The number of rotatable bonds is 16. The molecule has 1 unspecified atom stereocenters.